The molecule has 1 aliphatic rings. The summed E-state index contributed by atoms with van der Waals surface area (Å²) in [6.07, 6.45) is 4.04. The van der Waals surface area contributed by atoms with Crippen molar-refractivity contribution in [2.45, 2.75) is 58.8 Å². The molecule has 1 atom stereocenters. The van der Waals surface area contributed by atoms with E-state index < -0.39 is 0 Å². The Balaban J connectivity index is 2.40. The molecule has 1 unspecified atom stereocenters. The van der Waals surface area contributed by atoms with Gasteiger partial charge in [-0.1, -0.05) is 45.9 Å². The highest BCUT2D eigenvalue weighted by Crippen LogP contribution is 2.37. The van der Waals surface area contributed by atoms with Gasteiger partial charge in [0.2, 0.25) is 0 Å². The van der Waals surface area contributed by atoms with E-state index in [1.807, 2.05) is 0 Å². The van der Waals surface area contributed by atoms with E-state index in [1.165, 1.54) is 24.8 Å². The number of fused-ring (bicyclic) bond motifs is 1. The summed E-state index contributed by atoms with van der Waals surface area (Å²) < 4.78 is 0. The van der Waals surface area contributed by atoms with Crippen LogP contribution in [0.3, 0.4) is 0 Å². The molecule has 0 bridgehead atoms. The van der Waals surface area contributed by atoms with Crippen LogP contribution in [0.2, 0.25) is 0 Å². The molecule has 0 aliphatic heterocycles. The summed E-state index contributed by atoms with van der Waals surface area (Å²) in [5.74, 6) is 2.23. The van der Waals surface area contributed by atoms with Crippen LogP contribution in [0.4, 0.5) is 0 Å². The lowest BCUT2D eigenvalue weighted by Gasteiger charge is -2.29. The van der Waals surface area contributed by atoms with Crippen LogP contribution in [0, 0.1) is 5.92 Å². The summed E-state index contributed by atoms with van der Waals surface area (Å²) in [6.45, 7) is 9.30. The van der Waals surface area contributed by atoms with Crippen LogP contribution in [0.1, 0.15) is 69.1 Å². The Morgan fingerprint density at radius 1 is 1.12 bits per heavy atom. The molecule has 0 amide bonds. The summed E-state index contributed by atoms with van der Waals surface area (Å²) >= 11 is 0. The summed E-state index contributed by atoms with van der Waals surface area (Å²) in [5.41, 5.74) is 4.76. The molecular formula is C16H24. The molecule has 0 spiro atoms. The third-order valence-corrected chi connectivity index (χ3v) is 4.00. The molecule has 0 saturated heterocycles. The molecule has 0 fully saturated rings. The van der Waals surface area contributed by atoms with Crippen LogP contribution in [-0.2, 0) is 6.42 Å². The molecule has 2 rings (SSSR count). The summed E-state index contributed by atoms with van der Waals surface area (Å²) in [5, 5.41) is 0. The van der Waals surface area contributed by atoms with Crippen molar-refractivity contribution in [2.75, 3.05) is 0 Å². The van der Waals surface area contributed by atoms with Crippen molar-refractivity contribution in [2.24, 2.45) is 5.92 Å². The fourth-order valence-electron chi connectivity index (χ4n) is 2.91. The van der Waals surface area contributed by atoms with Gasteiger partial charge in [-0.15, -0.1) is 0 Å². The normalized spacial score (nSPS) is 20.2. The van der Waals surface area contributed by atoms with E-state index in [-0.39, 0.29) is 0 Å². The second kappa shape index (κ2) is 4.61. The quantitative estimate of drug-likeness (QED) is 0.660. The molecule has 88 valence electrons. The molecule has 1 aliphatic carbocycles. The van der Waals surface area contributed by atoms with Crippen LogP contribution in [0.5, 0.6) is 0 Å². The highest BCUT2D eigenvalue weighted by atomic mass is 14.3. The van der Waals surface area contributed by atoms with Crippen LogP contribution >= 0.6 is 0 Å². The maximum absolute atomic E-state index is 2.48. The molecule has 16 heavy (non-hydrogen) atoms. The van der Waals surface area contributed by atoms with Gasteiger partial charge >= 0.3 is 0 Å². The SMILES string of the molecule is CC(C)c1ccc2c(c1)C(C(C)C)CCC2. The topological polar surface area (TPSA) is 0 Å². The minimum absolute atomic E-state index is 0.653. The van der Waals surface area contributed by atoms with Crippen LogP contribution in [0.25, 0.3) is 0 Å². The third-order valence-electron chi connectivity index (χ3n) is 4.00. The number of hydrogen-bond donors (Lipinski definition) is 0. The summed E-state index contributed by atoms with van der Waals surface area (Å²) in [6, 6.07) is 7.18. The highest BCUT2D eigenvalue weighted by molar-refractivity contribution is 5.37. The van der Waals surface area contributed by atoms with E-state index in [0.29, 0.717) is 5.92 Å². The van der Waals surface area contributed by atoms with E-state index in [4.69, 9.17) is 0 Å². The molecule has 1 aromatic rings. The summed E-state index contributed by atoms with van der Waals surface area (Å²) in [4.78, 5) is 0. The molecule has 0 nitrogen and oxygen atoms in total. The van der Waals surface area contributed by atoms with Gasteiger partial charge in [0.25, 0.3) is 0 Å². The largest absolute Gasteiger partial charge is 0.0622 e. The van der Waals surface area contributed by atoms with Crippen molar-refractivity contribution in [3.05, 3.63) is 34.9 Å². The molecule has 0 aromatic heterocycles. The first-order valence-electron chi connectivity index (χ1n) is 6.72. The second-order valence-corrected chi connectivity index (χ2v) is 5.86. The van der Waals surface area contributed by atoms with Gasteiger partial charge in [-0.05, 0) is 53.7 Å². The predicted octanol–water partition coefficient (Wildman–Crippen LogP) is 4.89. The lowest BCUT2D eigenvalue weighted by Crippen LogP contribution is -2.15. The molecule has 0 heteroatoms. The van der Waals surface area contributed by atoms with Crippen molar-refractivity contribution >= 4 is 0 Å². The van der Waals surface area contributed by atoms with Crippen molar-refractivity contribution < 1.29 is 0 Å². The third kappa shape index (κ3) is 2.16. The maximum atomic E-state index is 2.48. The lowest BCUT2D eigenvalue weighted by molar-refractivity contribution is 0.433. The van der Waals surface area contributed by atoms with Crippen LogP contribution < -0.4 is 0 Å². The monoisotopic (exact) mass is 216 g/mol. The predicted molar refractivity (Wildman–Crippen MR) is 71.0 cm³/mol. The van der Waals surface area contributed by atoms with Gasteiger partial charge in [0.15, 0.2) is 0 Å². The van der Waals surface area contributed by atoms with Crippen LogP contribution in [-0.4, -0.2) is 0 Å². The zero-order chi connectivity index (χ0) is 11.7. The lowest BCUT2D eigenvalue weighted by atomic mass is 9.76. The van der Waals surface area contributed by atoms with E-state index in [1.54, 1.807) is 11.1 Å². The summed E-state index contributed by atoms with van der Waals surface area (Å²) in [7, 11) is 0. The number of aryl methyl sites for hydroxylation is 1. The first-order chi connectivity index (χ1) is 7.59. The Morgan fingerprint density at radius 3 is 2.50 bits per heavy atom. The van der Waals surface area contributed by atoms with Crippen LogP contribution in [0.15, 0.2) is 18.2 Å². The fraction of sp³-hybridized carbons (Fsp3) is 0.625. The maximum Gasteiger partial charge on any atom is -0.0136 e. The number of benzene rings is 1. The Labute approximate surface area is 100 Å². The first-order valence-corrected chi connectivity index (χ1v) is 6.72. The molecule has 0 N–H and O–H groups in total. The van der Waals surface area contributed by atoms with Gasteiger partial charge < -0.3 is 0 Å². The fourth-order valence-corrected chi connectivity index (χ4v) is 2.91. The zero-order valence-electron chi connectivity index (χ0n) is 11.1. The highest BCUT2D eigenvalue weighted by Gasteiger charge is 2.23. The average Bonchev–Trinajstić information content (AvgIpc) is 2.27. The molecule has 0 saturated carbocycles. The Morgan fingerprint density at radius 2 is 1.88 bits per heavy atom. The van der Waals surface area contributed by atoms with Crippen molar-refractivity contribution in [1.82, 2.24) is 0 Å². The minimum atomic E-state index is 0.653. The molecule has 1 aromatic carbocycles. The number of hydrogen-bond acceptors (Lipinski definition) is 0. The van der Waals surface area contributed by atoms with Crippen molar-refractivity contribution in [3.8, 4) is 0 Å². The van der Waals surface area contributed by atoms with Gasteiger partial charge in [0.1, 0.15) is 0 Å². The van der Waals surface area contributed by atoms with Gasteiger partial charge in [-0.25, -0.2) is 0 Å². The molecular weight excluding hydrogens is 192 g/mol. The Kier molecular flexibility index (Phi) is 3.37. The van der Waals surface area contributed by atoms with E-state index >= 15 is 0 Å². The van der Waals surface area contributed by atoms with Gasteiger partial charge in [0.05, 0.1) is 0 Å². The van der Waals surface area contributed by atoms with E-state index in [9.17, 15) is 0 Å². The van der Waals surface area contributed by atoms with Gasteiger partial charge in [0, 0.05) is 0 Å². The van der Waals surface area contributed by atoms with E-state index in [2.05, 4.69) is 45.9 Å². The standard InChI is InChI=1S/C16H24/c1-11(2)14-9-8-13-6-5-7-15(12(3)4)16(13)10-14/h8-12,15H,5-7H2,1-4H3. The van der Waals surface area contributed by atoms with E-state index in [0.717, 1.165) is 11.8 Å². The Hall–Kier alpha value is -0.780. The molecule has 0 radical (unpaired) electrons. The van der Waals surface area contributed by atoms with Crippen molar-refractivity contribution in [3.63, 3.8) is 0 Å². The second-order valence-electron chi connectivity index (χ2n) is 5.86. The smallest absolute Gasteiger partial charge is 0.0136 e. The van der Waals surface area contributed by atoms with Gasteiger partial charge in [-0.2, -0.15) is 0 Å². The number of rotatable bonds is 2. The van der Waals surface area contributed by atoms with Crippen molar-refractivity contribution in [1.29, 1.82) is 0 Å². The molecule has 0 heterocycles. The van der Waals surface area contributed by atoms with Gasteiger partial charge in [-0.3, -0.25) is 0 Å². The minimum Gasteiger partial charge on any atom is -0.0622 e. The zero-order valence-corrected chi connectivity index (χ0v) is 11.1. The first kappa shape index (κ1) is 11.7. The Bertz CT molecular complexity index is 360. The average molecular weight is 216 g/mol.